The van der Waals surface area contributed by atoms with Gasteiger partial charge in [0.15, 0.2) is 5.69 Å². The highest BCUT2D eigenvalue weighted by Gasteiger charge is 2.15. The average Bonchev–Trinajstić information content (AvgIpc) is 3.07. The van der Waals surface area contributed by atoms with Crippen LogP contribution in [0.15, 0.2) is 24.3 Å². The molecule has 1 unspecified atom stereocenters. The van der Waals surface area contributed by atoms with Crippen LogP contribution in [0.3, 0.4) is 0 Å². The number of hydrogen-bond donors (Lipinski definition) is 2. The highest BCUT2D eigenvalue weighted by molar-refractivity contribution is 6.04. The Morgan fingerprint density at radius 3 is 2.79 bits per heavy atom. The molecule has 0 aliphatic heterocycles. The molecule has 2 heterocycles. The quantitative estimate of drug-likeness (QED) is 0.757. The van der Waals surface area contributed by atoms with E-state index in [4.69, 9.17) is 0 Å². The van der Waals surface area contributed by atoms with Crippen molar-refractivity contribution in [2.75, 3.05) is 6.54 Å². The van der Waals surface area contributed by atoms with Crippen LogP contribution in [0.5, 0.6) is 0 Å². The van der Waals surface area contributed by atoms with Crippen molar-refractivity contribution < 1.29 is 4.79 Å². The van der Waals surface area contributed by atoms with Gasteiger partial charge >= 0.3 is 0 Å². The maximum atomic E-state index is 12.4. The summed E-state index contributed by atoms with van der Waals surface area (Å²) < 4.78 is 1.99. The lowest BCUT2D eigenvalue weighted by atomic mass is 10.1. The smallest absolute Gasteiger partial charge is 0.272 e. The van der Waals surface area contributed by atoms with Crippen LogP contribution < -0.4 is 5.32 Å². The number of hydrogen-bond acceptors (Lipinski definition) is 3. The minimum atomic E-state index is -0.146. The van der Waals surface area contributed by atoms with E-state index >= 15 is 0 Å². The van der Waals surface area contributed by atoms with E-state index in [1.54, 1.807) is 0 Å². The summed E-state index contributed by atoms with van der Waals surface area (Å²) in [5.74, 6) is 0.131. The Morgan fingerprint density at radius 2 is 2.08 bits per heavy atom. The molecular formula is C18H23N5O. The standard InChI is InChI=1S/C18H23N5O/c1-11-5-6-16-15(7-11)17(21-20-16)18(24)19-9-12(2)10-23-14(4)8-13(3)22-23/h5-8,12H,9-10H2,1-4H3,(H,19,24)(H,20,21). The molecule has 2 N–H and O–H groups in total. The molecule has 3 aromatic rings. The fourth-order valence-electron chi connectivity index (χ4n) is 2.87. The second-order valence-corrected chi connectivity index (χ2v) is 6.55. The van der Waals surface area contributed by atoms with Crippen molar-refractivity contribution in [2.45, 2.75) is 34.2 Å². The minimum Gasteiger partial charge on any atom is -0.350 e. The number of aryl methyl sites for hydroxylation is 3. The number of carbonyl (C=O) groups is 1. The SMILES string of the molecule is Cc1ccc2[nH]nc(C(=O)NCC(C)Cn3nc(C)cc3C)c2c1. The number of carbonyl (C=O) groups excluding carboxylic acids is 1. The van der Waals surface area contributed by atoms with Gasteiger partial charge in [0.1, 0.15) is 0 Å². The number of H-pyrrole nitrogens is 1. The van der Waals surface area contributed by atoms with E-state index < -0.39 is 0 Å². The van der Waals surface area contributed by atoms with Crippen LogP contribution in [0.1, 0.15) is 34.4 Å². The van der Waals surface area contributed by atoms with E-state index in [1.807, 2.05) is 43.7 Å². The van der Waals surface area contributed by atoms with Crippen molar-refractivity contribution in [3.63, 3.8) is 0 Å². The Morgan fingerprint density at radius 1 is 1.29 bits per heavy atom. The third-order valence-corrected chi connectivity index (χ3v) is 4.13. The van der Waals surface area contributed by atoms with Gasteiger partial charge in [-0.25, -0.2) is 0 Å². The number of amides is 1. The van der Waals surface area contributed by atoms with Gasteiger partial charge in [0, 0.05) is 24.2 Å². The van der Waals surface area contributed by atoms with Crippen LogP contribution >= 0.6 is 0 Å². The lowest BCUT2D eigenvalue weighted by Gasteiger charge is -2.13. The highest BCUT2D eigenvalue weighted by atomic mass is 16.1. The van der Waals surface area contributed by atoms with Crippen molar-refractivity contribution in [3.05, 3.63) is 46.9 Å². The molecule has 1 aromatic carbocycles. The lowest BCUT2D eigenvalue weighted by Crippen LogP contribution is -2.30. The van der Waals surface area contributed by atoms with E-state index in [2.05, 4.69) is 33.6 Å². The van der Waals surface area contributed by atoms with Crippen molar-refractivity contribution in [1.29, 1.82) is 0 Å². The first-order valence-electron chi connectivity index (χ1n) is 8.18. The third kappa shape index (κ3) is 3.32. The molecule has 0 saturated heterocycles. The minimum absolute atomic E-state index is 0.146. The summed E-state index contributed by atoms with van der Waals surface area (Å²) >= 11 is 0. The molecule has 0 radical (unpaired) electrons. The number of aromatic nitrogens is 4. The summed E-state index contributed by atoms with van der Waals surface area (Å²) in [5.41, 5.74) is 4.59. The van der Waals surface area contributed by atoms with Gasteiger partial charge in [-0.05, 0) is 44.9 Å². The first kappa shape index (κ1) is 16.2. The Bertz CT molecular complexity index is 877. The monoisotopic (exact) mass is 325 g/mol. The average molecular weight is 325 g/mol. The predicted octanol–water partition coefficient (Wildman–Crippen LogP) is 2.75. The van der Waals surface area contributed by atoms with E-state index in [0.717, 1.165) is 34.4 Å². The van der Waals surface area contributed by atoms with Crippen LogP contribution in [0.4, 0.5) is 0 Å². The normalized spacial score (nSPS) is 12.5. The maximum Gasteiger partial charge on any atom is 0.272 e. The number of rotatable bonds is 5. The Hall–Kier alpha value is -2.63. The van der Waals surface area contributed by atoms with Crippen LogP contribution in [0.25, 0.3) is 10.9 Å². The zero-order chi connectivity index (χ0) is 17.3. The van der Waals surface area contributed by atoms with Crippen molar-refractivity contribution in [1.82, 2.24) is 25.3 Å². The van der Waals surface area contributed by atoms with Gasteiger partial charge in [-0.15, -0.1) is 0 Å². The van der Waals surface area contributed by atoms with Crippen molar-refractivity contribution in [2.24, 2.45) is 5.92 Å². The van der Waals surface area contributed by atoms with Gasteiger partial charge in [0.2, 0.25) is 0 Å². The van der Waals surface area contributed by atoms with Gasteiger partial charge in [-0.2, -0.15) is 10.2 Å². The molecule has 0 aliphatic rings. The summed E-state index contributed by atoms with van der Waals surface area (Å²) in [6, 6.07) is 7.98. The second kappa shape index (κ2) is 6.47. The largest absolute Gasteiger partial charge is 0.350 e. The Labute approximate surface area is 141 Å². The zero-order valence-corrected chi connectivity index (χ0v) is 14.6. The first-order chi connectivity index (χ1) is 11.4. The molecule has 6 nitrogen and oxygen atoms in total. The number of benzene rings is 1. The fourth-order valence-corrected chi connectivity index (χ4v) is 2.87. The van der Waals surface area contributed by atoms with Gasteiger partial charge < -0.3 is 5.32 Å². The number of nitrogens with one attached hydrogen (secondary N) is 2. The number of fused-ring (bicyclic) bond motifs is 1. The summed E-state index contributed by atoms with van der Waals surface area (Å²) in [6.45, 7) is 9.50. The molecular weight excluding hydrogens is 302 g/mol. The van der Waals surface area contributed by atoms with E-state index in [0.29, 0.717) is 12.2 Å². The lowest BCUT2D eigenvalue weighted by molar-refractivity contribution is 0.0943. The summed E-state index contributed by atoms with van der Waals surface area (Å²) in [5, 5.41) is 15.4. The molecule has 1 amide bonds. The maximum absolute atomic E-state index is 12.4. The molecule has 0 aliphatic carbocycles. The molecule has 3 rings (SSSR count). The van der Waals surface area contributed by atoms with Crippen LogP contribution in [0, 0.1) is 26.7 Å². The molecule has 6 heteroatoms. The molecule has 24 heavy (non-hydrogen) atoms. The summed E-state index contributed by atoms with van der Waals surface area (Å²) in [6.07, 6.45) is 0. The number of nitrogens with zero attached hydrogens (tertiary/aromatic N) is 3. The molecule has 0 fully saturated rings. The van der Waals surface area contributed by atoms with Crippen LogP contribution in [-0.4, -0.2) is 32.4 Å². The third-order valence-electron chi connectivity index (χ3n) is 4.13. The zero-order valence-electron chi connectivity index (χ0n) is 14.6. The van der Waals surface area contributed by atoms with Gasteiger partial charge in [-0.3, -0.25) is 14.6 Å². The van der Waals surface area contributed by atoms with Gasteiger partial charge in [-0.1, -0.05) is 18.6 Å². The van der Waals surface area contributed by atoms with E-state index in [1.165, 1.54) is 0 Å². The topological polar surface area (TPSA) is 75.6 Å². The Kier molecular flexibility index (Phi) is 4.38. The number of aromatic amines is 1. The summed E-state index contributed by atoms with van der Waals surface area (Å²) in [7, 11) is 0. The van der Waals surface area contributed by atoms with Crippen LogP contribution in [-0.2, 0) is 6.54 Å². The van der Waals surface area contributed by atoms with E-state index in [-0.39, 0.29) is 11.8 Å². The summed E-state index contributed by atoms with van der Waals surface area (Å²) in [4.78, 5) is 12.4. The van der Waals surface area contributed by atoms with Crippen molar-refractivity contribution in [3.8, 4) is 0 Å². The molecule has 0 spiro atoms. The van der Waals surface area contributed by atoms with Gasteiger partial charge in [0.05, 0.1) is 11.2 Å². The Balaban J connectivity index is 1.64. The second-order valence-electron chi connectivity index (χ2n) is 6.55. The molecule has 0 saturated carbocycles. The molecule has 126 valence electrons. The van der Waals surface area contributed by atoms with E-state index in [9.17, 15) is 4.79 Å². The predicted molar refractivity (Wildman–Crippen MR) is 94.0 cm³/mol. The van der Waals surface area contributed by atoms with Crippen molar-refractivity contribution >= 4 is 16.8 Å². The molecule has 1 atom stereocenters. The first-order valence-corrected chi connectivity index (χ1v) is 8.18. The fraction of sp³-hybridized carbons (Fsp3) is 0.389. The van der Waals surface area contributed by atoms with Crippen LogP contribution in [0.2, 0.25) is 0 Å². The van der Waals surface area contributed by atoms with Gasteiger partial charge in [0.25, 0.3) is 5.91 Å². The highest BCUT2D eigenvalue weighted by Crippen LogP contribution is 2.17. The molecule has 0 bridgehead atoms. The molecule has 2 aromatic heterocycles.